The zero-order chi connectivity index (χ0) is 19.1. The largest absolute Gasteiger partial charge is 0.355 e. The van der Waals surface area contributed by atoms with Crippen molar-refractivity contribution in [3.8, 4) is 0 Å². The topological polar surface area (TPSA) is 65.5 Å². The molecule has 0 spiro atoms. The molecule has 1 fully saturated rings. The molecular weight excluding hydrogens is 340 g/mol. The summed E-state index contributed by atoms with van der Waals surface area (Å²) in [6, 6.07) is 5.89. The molecular formula is C20H28N6O. The van der Waals surface area contributed by atoms with Gasteiger partial charge in [-0.3, -0.25) is 4.79 Å². The molecule has 1 aliphatic heterocycles. The summed E-state index contributed by atoms with van der Waals surface area (Å²) >= 11 is 0. The van der Waals surface area contributed by atoms with Crippen LogP contribution in [0, 0.1) is 0 Å². The van der Waals surface area contributed by atoms with Crippen LogP contribution in [-0.4, -0.2) is 65.0 Å². The van der Waals surface area contributed by atoms with Crippen LogP contribution in [0.2, 0.25) is 0 Å². The van der Waals surface area contributed by atoms with E-state index in [-0.39, 0.29) is 5.91 Å². The van der Waals surface area contributed by atoms with Gasteiger partial charge in [0.2, 0.25) is 0 Å². The maximum Gasteiger partial charge on any atom is 0.274 e. The number of rotatable bonds is 7. The second-order valence-electron chi connectivity index (χ2n) is 6.71. The first-order chi connectivity index (χ1) is 13.2. The summed E-state index contributed by atoms with van der Waals surface area (Å²) < 4.78 is 0. The number of piperazine rings is 1. The molecule has 0 radical (unpaired) electrons. The van der Waals surface area contributed by atoms with Gasteiger partial charge in [0.15, 0.2) is 0 Å². The molecule has 1 saturated heterocycles. The van der Waals surface area contributed by atoms with Crippen molar-refractivity contribution in [1.29, 1.82) is 0 Å². The number of amides is 1. The molecule has 0 saturated carbocycles. The van der Waals surface area contributed by atoms with Gasteiger partial charge in [-0.1, -0.05) is 19.9 Å². The number of nitrogens with zero attached hydrogens (tertiary/aromatic N) is 6. The molecule has 7 nitrogen and oxygen atoms in total. The molecule has 0 N–H and O–H groups in total. The van der Waals surface area contributed by atoms with Gasteiger partial charge in [-0.05, 0) is 25.0 Å². The van der Waals surface area contributed by atoms with Crippen molar-refractivity contribution in [3.63, 3.8) is 0 Å². The molecule has 3 heterocycles. The molecule has 0 aromatic carbocycles. The van der Waals surface area contributed by atoms with E-state index in [0.29, 0.717) is 18.8 Å². The highest BCUT2D eigenvalue weighted by atomic mass is 16.2. The van der Waals surface area contributed by atoms with Crippen molar-refractivity contribution in [2.45, 2.75) is 26.7 Å². The van der Waals surface area contributed by atoms with Gasteiger partial charge in [0, 0.05) is 45.5 Å². The zero-order valence-corrected chi connectivity index (χ0v) is 16.2. The highest BCUT2D eigenvalue weighted by molar-refractivity contribution is 5.92. The number of hydrogen-bond acceptors (Lipinski definition) is 6. The monoisotopic (exact) mass is 368 g/mol. The average molecular weight is 368 g/mol. The Hall–Kier alpha value is -2.70. The van der Waals surface area contributed by atoms with E-state index in [1.165, 1.54) is 0 Å². The van der Waals surface area contributed by atoms with Gasteiger partial charge in [-0.2, -0.15) is 0 Å². The Bertz CT molecular complexity index is 707. The normalized spacial score (nSPS) is 14.3. The van der Waals surface area contributed by atoms with Crippen LogP contribution in [0.5, 0.6) is 0 Å². The van der Waals surface area contributed by atoms with Crippen molar-refractivity contribution in [2.24, 2.45) is 0 Å². The summed E-state index contributed by atoms with van der Waals surface area (Å²) in [6.45, 7) is 9.07. The molecule has 3 rings (SSSR count). The average Bonchev–Trinajstić information content (AvgIpc) is 2.74. The molecule has 1 aliphatic rings. The molecule has 27 heavy (non-hydrogen) atoms. The van der Waals surface area contributed by atoms with E-state index in [2.05, 4.69) is 38.6 Å². The third kappa shape index (κ3) is 4.72. The number of pyridine rings is 1. The Balaban J connectivity index is 1.60. The first-order valence-electron chi connectivity index (χ1n) is 9.75. The minimum absolute atomic E-state index is 0.0488. The number of hydrogen-bond donors (Lipinski definition) is 0. The lowest BCUT2D eigenvalue weighted by Crippen LogP contribution is -2.49. The maximum absolute atomic E-state index is 12.8. The molecule has 144 valence electrons. The third-order valence-electron chi connectivity index (χ3n) is 4.71. The van der Waals surface area contributed by atoms with Crippen LogP contribution < -0.4 is 9.80 Å². The van der Waals surface area contributed by atoms with Crippen LogP contribution in [0.1, 0.15) is 37.2 Å². The summed E-state index contributed by atoms with van der Waals surface area (Å²) in [4.78, 5) is 32.3. The number of anilines is 2. The van der Waals surface area contributed by atoms with Crippen LogP contribution in [0.15, 0.2) is 36.8 Å². The second kappa shape index (κ2) is 9.30. The lowest BCUT2D eigenvalue weighted by Gasteiger charge is -2.35. The summed E-state index contributed by atoms with van der Waals surface area (Å²) in [7, 11) is 0. The van der Waals surface area contributed by atoms with E-state index in [4.69, 9.17) is 0 Å². The Morgan fingerprint density at radius 2 is 1.74 bits per heavy atom. The first kappa shape index (κ1) is 19.1. The molecule has 2 aromatic heterocycles. The van der Waals surface area contributed by atoms with Gasteiger partial charge >= 0.3 is 0 Å². The first-order valence-corrected chi connectivity index (χ1v) is 9.75. The van der Waals surface area contributed by atoms with Gasteiger partial charge in [0.1, 0.15) is 17.3 Å². The van der Waals surface area contributed by atoms with E-state index < -0.39 is 0 Å². The Morgan fingerprint density at radius 1 is 1.00 bits per heavy atom. The second-order valence-corrected chi connectivity index (χ2v) is 6.71. The Kier molecular flexibility index (Phi) is 6.57. The van der Waals surface area contributed by atoms with Crippen molar-refractivity contribution >= 4 is 17.5 Å². The fourth-order valence-electron chi connectivity index (χ4n) is 3.32. The highest BCUT2D eigenvalue weighted by Gasteiger charge is 2.24. The van der Waals surface area contributed by atoms with Gasteiger partial charge in [-0.15, -0.1) is 0 Å². The van der Waals surface area contributed by atoms with Gasteiger partial charge in [0.05, 0.1) is 12.4 Å². The van der Waals surface area contributed by atoms with E-state index in [1.807, 2.05) is 23.1 Å². The fraction of sp³-hybridized carbons (Fsp3) is 0.500. The van der Waals surface area contributed by atoms with Crippen molar-refractivity contribution in [3.05, 3.63) is 42.5 Å². The predicted octanol–water partition coefficient (Wildman–Crippen LogP) is 2.46. The smallest absolute Gasteiger partial charge is 0.274 e. The molecule has 0 atom stereocenters. The minimum Gasteiger partial charge on any atom is -0.355 e. The lowest BCUT2D eigenvalue weighted by atomic mass is 10.2. The fourth-order valence-corrected chi connectivity index (χ4v) is 3.32. The quantitative estimate of drug-likeness (QED) is 0.748. The summed E-state index contributed by atoms with van der Waals surface area (Å²) in [5, 5.41) is 0. The summed E-state index contributed by atoms with van der Waals surface area (Å²) in [5.74, 6) is 1.75. The van der Waals surface area contributed by atoms with Gasteiger partial charge in [-0.25, -0.2) is 15.0 Å². The van der Waals surface area contributed by atoms with Gasteiger partial charge in [0.25, 0.3) is 5.91 Å². The molecule has 2 aromatic rings. The van der Waals surface area contributed by atoms with E-state index in [1.54, 1.807) is 18.6 Å². The molecule has 0 unspecified atom stereocenters. The molecule has 7 heteroatoms. The standard InChI is InChI=1S/C20H28N6O/c1-3-9-24(10-4-2)19-16-22-17(15-23-19)20(27)26-13-11-25(12-14-26)18-7-5-6-8-21-18/h5-8,15-16H,3-4,9-14H2,1-2H3. The summed E-state index contributed by atoms with van der Waals surface area (Å²) in [5.41, 5.74) is 0.415. The van der Waals surface area contributed by atoms with Crippen molar-refractivity contribution in [2.75, 3.05) is 49.1 Å². The van der Waals surface area contributed by atoms with Crippen LogP contribution in [-0.2, 0) is 0 Å². The van der Waals surface area contributed by atoms with Gasteiger partial charge < -0.3 is 14.7 Å². The highest BCUT2D eigenvalue weighted by Crippen LogP contribution is 2.15. The van der Waals surface area contributed by atoms with Crippen LogP contribution in [0.25, 0.3) is 0 Å². The number of carbonyl (C=O) groups excluding carboxylic acids is 1. The Labute approximate surface area is 161 Å². The third-order valence-corrected chi connectivity index (χ3v) is 4.71. The van der Waals surface area contributed by atoms with E-state index in [9.17, 15) is 4.79 Å². The summed E-state index contributed by atoms with van der Waals surface area (Å²) in [6.07, 6.45) is 7.25. The minimum atomic E-state index is -0.0488. The predicted molar refractivity (Wildman–Crippen MR) is 107 cm³/mol. The van der Waals surface area contributed by atoms with Crippen LogP contribution in [0.3, 0.4) is 0 Å². The SMILES string of the molecule is CCCN(CCC)c1cnc(C(=O)N2CCN(c3ccccn3)CC2)cn1. The van der Waals surface area contributed by atoms with E-state index >= 15 is 0 Å². The number of aromatic nitrogens is 3. The molecule has 0 bridgehead atoms. The molecule has 1 amide bonds. The Morgan fingerprint density at radius 3 is 2.30 bits per heavy atom. The molecule has 0 aliphatic carbocycles. The van der Waals surface area contributed by atoms with E-state index in [0.717, 1.165) is 50.7 Å². The van der Waals surface area contributed by atoms with Crippen molar-refractivity contribution < 1.29 is 4.79 Å². The maximum atomic E-state index is 12.8. The lowest BCUT2D eigenvalue weighted by molar-refractivity contribution is 0.0740. The van der Waals surface area contributed by atoms with Crippen molar-refractivity contribution in [1.82, 2.24) is 19.9 Å². The number of carbonyl (C=O) groups is 1. The zero-order valence-electron chi connectivity index (χ0n) is 16.2. The van der Waals surface area contributed by atoms with Crippen LogP contribution >= 0.6 is 0 Å². The van der Waals surface area contributed by atoms with Crippen LogP contribution in [0.4, 0.5) is 11.6 Å².